The summed E-state index contributed by atoms with van der Waals surface area (Å²) < 4.78 is 6.09. The molecule has 0 saturated heterocycles. The van der Waals surface area contributed by atoms with E-state index in [0.717, 1.165) is 29.7 Å². The van der Waals surface area contributed by atoms with Crippen LogP contribution >= 0.6 is 0 Å². The molecular weight excluding hydrogens is 238 g/mol. The highest BCUT2D eigenvalue weighted by atomic mass is 16.5. The largest absolute Gasteiger partial charge is 0.474 e. The average Bonchev–Trinajstić information content (AvgIpc) is 2.39. The molecule has 2 aromatic rings. The summed E-state index contributed by atoms with van der Waals surface area (Å²) in [4.78, 5) is 8.52. The predicted octanol–water partition coefficient (Wildman–Crippen LogP) is 3.17. The number of nitrogen functional groups attached to an aromatic ring is 1. The molecule has 0 radical (unpaired) electrons. The van der Waals surface area contributed by atoms with E-state index in [0.29, 0.717) is 11.6 Å². The van der Waals surface area contributed by atoms with Gasteiger partial charge in [-0.25, -0.2) is 9.97 Å². The van der Waals surface area contributed by atoms with Crippen LogP contribution in [0.4, 0.5) is 5.69 Å². The molecule has 2 atom stereocenters. The summed E-state index contributed by atoms with van der Waals surface area (Å²) in [5.41, 5.74) is 7.43. The second kappa shape index (κ2) is 5.03. The van der Waals surface area contributed by atoms with E-state index in [-0.39, 0.29) is 6.10 Å². The van der Waals surface area contributed by atoms with Crippen LogP contribution in [0.25, 0.3) is 10.9 Å². The first kappa shape index (κ1) is 12.2. The molecule has 0 amide bonds. The molecule has 1 aliphatic carbocycles. The molecule has 1 heterocycles. The smallest absolute Gasteiger partial charge is 0.224 e. The van der Waals surface area contributed by atoms with Crippen molar-refractivity contribution in [3.63, 3.8) is 0 Å². The van der Waals surface area contributed by atoms with E-state index in [1.54, 1.807) is 6.33 Å². The van der Waals surface area contributed by atoms with Crippen molar-refractivity contribution in [2.75, 3.05) is 5.73 Å². The van der Waals surface area contributed by atoms with Gasteiger partial charge < -0.3 is 10.5 Å². The summed E-state index contributed by atoms with van der Waals surface area (Å²) in [6, 6.07) is 5.64. The van der Waals surface area contributed by atoms with Crippen molar-refractivity contribution in [1.29, 1.82) is 0 Å². The van der Waals surface area contributed by atoms with E-state index in [2.05, 4.69) is 16.9 Å². The van der Waals surface area contributed by atoms with Crippen LogP contribution in [-0.4, -0.2) is 16.1 Å². The highest BCUT2D eigenvalue weighted by molar-refractivity contribution is 5.86. The van der Waals surface area contributed by atoms with Crippen molar-refractivity contribution in [2.45, 2.75) is 38.7 Å². The second-order valence-electron chi connectivity index (χ2n) is 5.47. The van der Waals surface area contributed by atoms with Gasteiger partial charge in [0.25, 0.3) is 0 Å². The number of anilines is 1. The summed E-state index contributed by atoms with van der Waals surface area (Å²) in [7, 11) is 0. The number of nitrogens with zero attached hydrogens (tertiary/aromatic N) is 2. The third kappa shape index (κ3) is 2.62. The zero-order valence-corrected chi connectivity index (χ0v) is 11.2. The fourth-order valence-electron chi connectivity index (χ4n) is 2.79. The first-order valence-corrected chi connectivity index (χ1v) is 6.89. The zero-order valence-electron chi connectivity index (χ0n) is 11.2. The number of hydrogen-bond acceptors (Lipinski definition) is 4. The molecule has 2 unspecified atom stereocenters. The van der Waals surface area contributed by atoms with Crippen molar-refractivity contribution in [1.82, 2.24) is 9.97 Å². The van der Waals surface area contributed by atoms with Crippen molar-refractivity contribution in [3.05, 3.63) is 24.5 Å². The summed E-state index contributed by atoms with van der Waals surface area (Å²) in [6.45, 7) is 2.28. The lowest BCUT2D eigenvalue weighted by atomic mass is 9.89. The van der Waals surface area contributed by atoms with Gasteiger partial charge in [-0.1, -0.05) is 13.3 Å². The number of ether oxygens (including phenoxy) is 1. The quantitative estimate of drug-likeness (QED) is 0.839. The molecule has 0 aliphatic heterocycles. The molecule has 1 aromatic heterocycles. The van der Waals surface area contributed by atoms with E-state index in [4.69, 9.17) is 10.5 Å². The maximum Gasteiger partial charge on any atom is 0.224 e. The van der Waals surface area contributed by atoms with E-state index < -0.39 is 0 Å². The molecule has 1 saturated carbocycles. The Bertz CT molecular complexity index is 585. The van der Waals surface area contributed by atoms with Crippen LogP contribution in [0.5, 0.6) is 5.88 Å². The van der Waals surface area contributed by atoms with Crippen molar-refractivity contribution >= 4 is 16.6 Å². The molecule has 3 rings (SSSR count). The molecule has 4 heteroatoms. The van der Waals surface area contributed by atoms with Gasteiger partial charge in [0.05, 0.1) is 10.9 Å². The van der Waals surface area contributed by atoms with Crippen LogP contribution < -0.4 is 10.5 Å². The lowest BCUT2D eigenvalue weighted by Crippen LogP contribution is -2.24. The van der Waals surface area contributed by atoms with Crippen LogP contribution in [0.15, 0.2) is 24.5 Å². The summed E-state index contributed by atoms with van der Waals surface area (Å²) in [6.07, 6.45) is 6.57. The van der Waals surface area contributed by atoms with E-state index >= 15 is 0 Å². The molecule has 2 N–H and O–H groups in total. The molecule has 1 aromatic carbocycles. The van der Waals surface area contributed by atoms with Gasteiger partial charge in [0.2, 0.25) is 5.88 Å². The van der Waals surface area contributed by atoms with Crippen LogP contribution in [-0.2, 0) is 0 Å². The molecule has 19 heavy (non-hydrogen) atoms. The Morgan fingerprint density at radius 2 is 2.16 bits per heavy atom. The second-order valence-corrected chi connectivity index (χ2v) is 5.47. The standard InChI is InChI=1S/C15H19N3O/c1-10-3-2-4-12(7-10)19-15-13-8-11(16)5-6-14(13)17-9-18-15/h5-6,8-10,12H,2-4,7,16H2,1H3. The Morgan fingerprint density at radius 1 is 1.26 bits per heavy atom. The number of benzene rings is 1. The highest BCUT2D eigenvalue weighted by Gasteiger charge is 2.21. The highest BCUT2D eigenvalue weighted by Crippen LogP contribution is 2.30. The fraction of sp³-hybridized carbons (Fsp3) is 0.467. The third-order valence-corrected chi connectivity index (χ3v) is 3.79. The monoisotopic (exact) mass is 257 g/mol. The van der Waals surface area contributed by atoms with Crippen LogP contribution in [0.1, 0.15) is 32.6 Å². The first-order chi connectivity index (χ1) is 9.22. The van der Waals surface area contributed by atoms with Crippen LogP contribution in [0.2, 0.25) is 0 Å². The molecule has 0 bridgehead atoms. The van der Waals surface area contributed by atoms with E-state index in [9.17, 15) is 0 Å². The Hall–Kier alpha value is -1.84. The minimum Gasteiger partial charge on any atom is -0.474 e. The first-order valence-electron chi connectivity index (χ1n) is 6.89. The Morgan fingerprint density at radius 3 is 3.00 bits per heavy atom. The minimum absolute atomic E-state index is 0.267. The van der Waals surface area contributed by atoms with Gasteiger partial charge in [-0.05, 0) is 43.4 Å². The Kier molecular flexibility index (Phi) is 3.23. The van der Waals surface area contributed by atoms with Gasteiger partial charge in [-0.3, -0.25) is 0 Å². The number of aromatic nitrogens is 2. The molecule has 1 fully saturated rings. The molecule has 0 spiro atoms. The maximum absolute atomic E-state index is 6.09. The summed E-state index contributed by atoms with van der Waals surface area (Å²) >= 11 is 0. The number of fused-ring (bicyclic) bond motifs is 1. The van der Waals surface area contributed by atoms with Gasteiger partial charge in [-0.15, -0.1) is 0 Å². The van der Waals surface area contributed by atoms with Gasteiger partial charge in [0.1, 0.15) is 12.4 Å². The van der Waals surface area contributed by atoms with E-state index in [1.807, 2.05) is 18.2 Å². The molecule has 1 aliphatic rings. The van der Waals surface area contributed by atoms with Crippen LogP contribution in [0, 0.1) is 5.92 Å². The average molecular weight is 257 g/mol. The van der Waals surface area contributed by atoms with Gasteiger partial charge in [0.15, 0.2) is 0 Å². The Labute approximate surface area is 113 Å². The van der Waals surface area contributed by atoms with Gasteiger partial charge in [0, 0.05) is 5.69 Å². The summed E-state index contributed by atoms with van der Waals surface area (Å²) in [5, 5.41) is 0.903. The molecular formula is C15H19N3O. The lowest BCUT2D eigenvalue weighted by Gasteiger charge is -2.27. The predicted molar refractivity (Wildman–Crippen MR) is 76.0 cm³/mol. The third-order valence-electron chi connectivity index (χ3n) is 3.79. The van der Waals surface area contributed by atoms with E-state index in [1.165, 1.54) is 12.8 Å². The SMILES string of the molecule is CC1CCCC(Oc2ncnc3ccc(N)cc23)C1. The lowest BCUT2D eigenvalue weighted by molar-refractivity contribution is 0.125. The molecule has 100 valence electrons. The fourth-order valence-corrected chi connectivity index (χ4v) is 2.79. The Balaban J connectivity index is 1.89. The van der Waals surface area contributed by atoms with Gasteiger partial charge in [-0.2, -0.15) is 0 Å². The number of hydrogen-bond donors (Lipinski definition) is 1. The zero-order chi connectivity index (χ0) is 13.2. The minimum atomic E-state index is 0.267. The van der Waals surface area contributed by atoms with Crippen molar-refractivity contribution in [3.8, 4) is 5.88 Å². The van der Waals surface area contributed by atoms with Crippen molar-refractivity contribution in [2.24, 2.45) is 5.92 Å². The number of rotatable bonds is 2. The van der Waals surface area contributed by atoms with Crippen molar-refractivity contribution < 1.29 is 4.74 Å². The van der Waals surface area contributed by atoms with Crippen LogP contribution in [0.3, 0.4) is 0 Å². The normalized spacial score (nSPS) is 23.4. The molecule has 4 nitrogen and oxygen atoms in total. The summed E-state index contributed by atoms with van der Waals surface area (Å²) in [5.74, 6) is 1.40. The van der Waals surface area contributed by atoms with Gasteiger partial charge >= 0.3 is 0 Å². The maximum atomic E-state index is 6.09. The number of nitrogens with two attached hydrogens (primary N) is 1. The topological polar surface area (TPSA) is 61.0 Å².